The predicted molar refractivity (Wildman–Crippen MR) is 68.3 cm³/mol. The zero-order valence-corrected chi connectivity index (χ0v) is 10.3. The van der Waals surface area contributed by atoms with E-state index in [1.165, 1.54) is 0 Å². The Labute approximate surface area is 105 Å². The van der Waals surface area contributed by atoms with Crippen molar-refractivity contribution < 1.29 is 4.74 Å². The van der Waals surface area contributed by atoms with E-state index >= 15 is 0 Å². The quantitative estimate of drug-likeness (QED) is 0.876. The fourth-order valence-electron chi connectivity index (χ4n) is 1.72. The number of aromatic amines is 1. The highest BCUT2D eigenvalue weighted by Gasteiger charge is 2.09. The zero-order chi connectivity index (χ0) is 12.3. The molecule has 5 heteroatoms. The molecule has 0 atom stereocenters. The third-order valence-corrected chi connectivity index (χ3v) is 2.83. The van der Waals surface area contributed by atoms with Gasteiger partial charge in [0.05, 0.1) is 24.2 Å². The summed E-state index contributed by atoms with van der Waals surface area (Å²) in [7, 11) is 1.59. The average molecular weight is 252 g/mol. The number of aromatic nitrogens is 2. The van der Waals surface area contributed by atoms with Gasteiger partial charge in [-0.2, -0.15) is 0 Å². The summed E-state index contributed by atoms with van der Waals surface area (Å²) in [5, 5.41) is 0.576. The van der Waals surface area contributed by atoms with Gasteiger partial charge in [0, 0.05) is 17.7 Å². The van der Waals surface area contributed by atoms with Crippen molar-refractivity contribution in [2.45, 2.75) is 6.42 Å². The smallest absolute Gasteiger partial charge is 0.137 e. The first-order valence-electron chi connectivity index (χ1n) is 5.32. The number of benzene rings is 1. The Morgan fingerprint density at radius 1 is 1.47 bits per heavy atom. The number of halogens is 1. The van der Waals surface area contributed by atoms with Gasteiger partial charge in [-0.05, 0) is 24.7 Å². The Kier molecular flexibility index (Phi) is 3.66. The first-order chi connectivity index (χ1) is 8.26. The molecule has 2 aromatic rings. The third kappa shape index (κ3) is 2.43. The molecule has 0 aliphatic rings. The fourth-order valence-corrected chi connectivity index (χ4v) is 1.98. The maximum atomic E-state index is 6.09. The zero-order valence-electron chi connectivity index (χ0n) is 9.53. The highest BCUT2D eigenvalue weighted by atomic mass is 35.5. The van der Waals surface area contributed by atoms with E-state index in [1.54, 1.807) is 13.4 Å². The van der Waals surface area contributed by atoms with Crippen molar-refractivity contribution in [3.8, 4) is 17.0 Å². The average Bonchev–Trinajstić information content (AvgIpc) is 2.78. The van der Waals surface area contributed by atoms with E-state index in [0.717, 1.165) is 23.4 Å². The fraction of sp³-hybridized carbons (Fsp3) is 0.250. The first kappa shape index (κ1) is 12.0. The molecular weight excluding hydrogens is 238 g/mol. The number of nitrogens with two attached hydrogens (primary N) is 1. The Hall–Kier alpha value is -1.52. The second-order valence-corrected chi connectivity index (χ2v) is 4.02. The largest absolute Gasteiger partial charge is 0.495 e. The van der Waals surface area contributed by atoms with Crippen molar-refractivity contribution in [3.63, 3.8) is 0 Å². The molecule has 0 aliphatic carbocycles. The maximum absolute atomic E-state index is 6.09. The summed E-state index contributed by atoms with van der Waals surface area (Å²) in [6.07, 6.45) is 2.43. The van der Waals surface area contributed by atoms with E-state index in [1.807, 2.05) is 18.2 Å². The van der Waals surface area contributed by atoms with Crippen LogP contribution in [0.3, 0.4) is 0 Å². The number of rotatable bonds is 4. The minimum absolute atomic E-state index is 0.576. The Balaban J connectivity index is 2.39. The molecule has 0 radical (unpaired) electrons. The summed E-state index contributed by atoms with van der Waals surface area (Å²) in [6.45, 7) is 0.582. The molecule has 0 fully saturated rings. The number of ether oxygens (including phenoxy) is 1. The normalized spacial score (nSPS) is 10.5. The van der Waals surface area contributed by atoms with E-state index in [0.29, 0.717) is 17.3 Å². The molecule has 0 unspecified atom stereocenters. The number of methoxy groups -OCH3 is 1. The molecule has 90 valence electrons. The van der Waals surface area contributed by atoms with E-state index in [-0.39, 0.29) is 0 Å². The van der Waals surface area contributed by atoms with Gasteiger partial charge in [-0.1, -0.05) is 11.6 Å². The molecule has 2 rings (SSSR count). The van der Waals surface area contributed by atoms with E-state index in [4.69, 9.17) is 22.1 Å². The number of nitrogens with zero attached hydrogens (tertiary/aromatic N) is 1. The van der Waals surface area contributed by atoms with Gasteiger partial charge >= 0.3 is 0 Å². The number of nitrogens with one attached hydrogen (secondary N) is 1. The van der Waals surface area contributed by atoms with E-state index in [2.05, 4.69) is 9.97 Å². The second kappa shape index (κ2) is 5.21. The van der Waals surface area contributed by atoms with Crippen molar-refractivity contribution in [2.24, 2.45) is 5.73 Å². The lowest BCUT2D eigenvalue weighted by Gasteiger charge is -2.06. The van der Waals surface area contributed by atoms with Gasteiger partial charge in [0.25, 0.3) is 0 Å². The number of hydrogen-bond acceptors (Lipinski definition) is 3. The molecule has 1 aromatic carbocycles. The second-order valence-electron chi connectivity index (χ2n) is 3.62. The minimum atomic E-state index is 0.576. The lowest BCUT2D eigenvalue weighted by molar-refractivity contribution is 0.415. The first-order valence-corrected chi connectivity index (χ1v) is 5.70. The minimum Gasteiger partial charge on any atom is -0.495 e. The van der Waals surface area contributed by atoms with Crippen LogP contribution in [-0.4, -0.2) is 23.6 Å². The van der Waals surface area contributed by atoms with Crippen LogP contribution in [0, 0.1) is 0 Å². The molecule has 3 N–H and O–H groups in total. The number of hydrogen-bond donors (Lipinski definition) is 2. The van der Waals surface area contributed by atoms with Crippen LogP contribution in [0.15, 0.2) is 24.5 Å². The van der Waals surface area contributed by atoms with Crippen LogP contribution in [0.4, 0.5) is 0 Å². The van der Waals surface area contributed by atoms with Crippen LogP contribution in [0.2, 0.25) is 5.02 Å². The van der Waals surface area contributed by atoms with Crippen molar-refractivity contribution in [1.82, 2.24) is 9.97 Å². The molecule has 1 aromatic heterocycles. The van der Waals surface area contributed by atoms with Gasteiger partial charge in [0.2, 0.25) is 0 Å². The summed E-state index contributed by atoms with van der Waals surface area (Å²) < 4.78 is 5.11. The summed E-state index contributed by atoms with van der Waals surface area (Å²) in [5.74, 6) is 0.659. The van der Waals surface area contributed by atoms with Gasteiger partial charge in [0.15, 0.2) is 0 Å². The van der Waals surface area contributed by atoms with Crippen LogP contribution in [0.25, 0.3) is 11.3 Å². The van der Waals surface area contributed by atoms with Gasteiger partial charge in [-0.25, -0.2) is 4.98 Å². The van der Waals surface area contributed by atoms with Gasteiger partial charge < -0.3 is 15.5 Å². The molecule has 0 amide bonds. The van der Waals surface area contributed by atoms with Gasteiger partial charge in [0.1, 0.15) is 5.75 Å². The molecule has 17 heavy (non-hydrogen) atoms. The van der Waals surface area contributed by atoms with Crippen molar-refractivity contribution in [1.29, 1.82) is 0 Å². The molecule has 0 saturated carbocycles. The van der Waals surface area contributed by atoms with Gasteiger partial charge in [-0.3, -0.25) is 0 Å². The molecule has 0 saturated heterocycles. The summed E-state index contributed by atoms with van der Waals surface area (Å²) in [5.41, 5.74) is 8.42. The predicted octanol–water partition coefficient (Wildman–Crippen LogP) is 2.24. The van der Waals surface area contributed by atoms with Crippen molar-refractivity contribution >= 4 is 11.6 Å². The Morgan fingerprint density at radius 3 is 2.94 bits per heavy atom. The lowest BCUT2D eigenvalue weighted by atomic mass is 10.1. The number of H-pyrrole nitrogens is 1. The van der Waals surface area contributed by atoms with E-state index < -0.39 is 0 Å². The Morgan fingerprint density at radius 2 is 2.29 bits per heavy atom. The standard InChI is InChI=1S/C12H14ClN3O/c1-17-11-3-2-8(6-9(11)13)12-10(4-5-14)15-7-16-12/h2-3,6-7H,4-5,14H2,1H3,(H,15,16). The monoisotopic (exact) mass is 251 g/mol. The van der Waals surface area contributed by atoms with Crippen molar-refractivity contribution in [3.05, 3.63) is 35.2 Å². The Bertz CT molecular complexity index is 510. The summed E-state index contributed by atoms with van der Waals surface area (Å²) in [6, 6.07) is 5.61. The SMILES string of the molecule is COc1ccc(-c2nc[nH]c2CCN)cc1Cl. The highest BCUT2D eigenvalue weighted by molar-refractivity contribution is 6.32. The molecule has 0 aliphatic heterocycles. The topological polar surface area (TPSA) is 63.9 Å². The van der Waals surface area contributed by atoms with Gasteiger partial charge in [-0.15, -0.1) is 0 Å². The molecule has 4 nitrogen and oxygen atoms in total. The van der Waals surface area contributed by atoms with Crippen LogP contribution in [0.1, 0.15) is 5.69 Å². The molecule has 0 bridgehead atoms. The van der Waals surface area contributed by atoms with Crippen LogP contribution in [0.5, 0.6) is 5.75 Å². The van der Waals surface area contributed by atoms with Crippen molar-refractivity contribution in [2.75, 3.05) is 13.7 Å². The molecule has 1 heterocycles. The lowest BCUT2D eigenvalue weighted by Crippen LogP contribution is -2.04. The van der Waals surface area contributed by atoms with Crippen LogP contribution in [-0.2, 0) is 6.42 Å². The third-order valence-electron chi connectivity index (χ3n) is 2.54. The summed E-state index contributed by atoms with van der Waals surface area (Å²) >= 11 is 6.09. The highest BCUT2D eigenvalue weighted by Crippen LogP contribution is 2.30. The van der Waals surface area contributed by atoms with Crippen LogP contribution < -0.4 is 10.5 Å². The maximum Gasteiger partial charge on any atom is 0.137 e. The number of imidazole rings is 1. The summed E-state index contributed by atoms with van der Waals surface area (Å²) in [4.78, 5) is 7.38. The van der Waals surface area contributed by atoms with Crippen LogP contribution >= 0.6 is 11.6 Å². The van der Waals surface area contributed by atoms with E-state index in [9.17, 15) is 0 Å². The molecular formula is C12H14ClN3O. The molecule has 0 spiro atoms.